The van der Waals surface area contributed by atoms with E-state index < -0.39 is 60.7 Å². The molecule has 0 atom stereocenters. The molecule has 0 aliphatic carbocycles. The predicted octanol–water partition coefficient (Wildman–Crippen LogP) is 2.90. The number of rotatable bonds is 4. The van der Waals surface area contributed by atoms with E-state index in [2.05, 4.69) is 0 Å². The maximum atomic E-state index is 11.3. The predicted molar refractivity (Wildman–Crippen MR) is 52.8 cm³/mol. The molecule has 0 bridgehead atoms. The molecule has 0 aromatic heterocycles. The number of hydrogen-bond donors (Lipinski definition) is 0. The minimum atomic E-state index is -5.46. The van der Waals surface area contributed by atoms with Gasteiger partial charge >= 0.3 is 41.2 Å². The molecule has 0 aromatic carbocycles. The summed E-state index contributed by atoms with van der Waals surface area (Å²) >= 11 is 0. The molecule has 27 heavy (non-hydrogen) atoms. The second-order valence-corrected chi connectivity index (χ2v) is 3.74. The van der Waals surface area contributed by atoms with Crippen LogP contribution in [-0.4, -0.2) is 47.8 Å². The Morgan fingerprint density at radius 2 is 0.519 bits per heavy atom. The molecule has 0 saturated heterocycles. The van der Waals surface area contributed by atoms with Gasteiger partial charge in [-0.15, -0.1) is 0 Å². The second kappa shape index (κ2) is 9.85. The van der Waals surface area contributed by atoms with Crippen molar-refractivity contribution in [2.75, 3.05) is 0 Å². The van der Waals surface area contributed by atoms with Gasteiger partial charge in [0.15, 0.2) is 0 Å². The van der Waals surface area contributed by atoms with E-state index in [0.29, 0.717) is 0 Å². The van der Waals surface area contributed by atoms with Gasteiger partial charge in [0.2, 0.25) is 0 Å². The van der Waals surface area contributed by atoms with E-state index in [1.807, 2.05) is 0 Å². The van der Waals surface area contributed by atoms with Crippen LogP contribution >= 0.6 is 0 Å². The quantitative estimate of drug-likeness (QED) is 0.273. The molecule has 0 unspecified atom stereocenters. The monoisotopic (exact) mass is 472 g/mol. The van der Waals surface area contributed by atoms with Crippen LogP contribution in [0.3, 0.4) is 0 Å². The van der Waals surface area contributed by atoms with Crippen molar-refractivity contribution in [3.05, 3.63) is 12.8 Å². The van der Waals surface area contributed by atoms with Crippen LogP contribution < -0.4 is 0 Å². The molecule has 17 heteroatoms. The fraction of sp³-hybridized carbons (Fsp3) is 0.400. The maximum Gasteiger partial charge on any atom is 2.00 e. The first-order chi connectivity index (χ1) is 11.1. The summed E-state index contributed by atoms with van der Waals surface area (Å²) < 4.78 is 136. The summed E-state index contributed by atoms with van der Waals surface area (Å²) in [5.74, 6) is -11.3. The van der Waals surface area contributed by atoms with E-state index in [0.717, 1.165) is 0 Å². The molecule has 4 nitrogen and oxygen atoms in total. The Morgan fingerprint density at radius 3 is 0.593 bits per heavy atom. The van der Waals surface area contributed by atoms with Crippen LogP contribution in [0, 0.1) is 12.8 Å². The van der Waals surface area contributed by atoms with Crippen LogP contribution in [-0.2, 0) is 35.7 Å². The third kappa shape index (κ3) is 13.0. The fourth-order valence-corrected chi connectivity index (χ4v) is 0.565. The van der Waals surface area contributed by atoms with Crippen molar-refractivity contribution < 1.29 is 88.4 Å². The van der Waals surface area contributed by atoms with Gasteiger partial charge in [0.1, 0.15) is 23.1 Å². The molecule has 0 fully saturated rings. The Labute approximate surface area is 150 Å². The summed E-state index contributed by atoms with van der Waals surface area (Å²) in [4.78, 5) is 39.3. The van der Waals surface area contributed by atoms with Crippen LogP contribution in [0.2, 0.25) is 0 Å². The van der Waals surface area contributed by atoms with Crippen molar-refractivity contribution in [2.45, 2.75) is 24.7 Å². The maximum absolute atomic E-state index is 11.3. The van der Waals surface area contributed by atoms with Gasteiger partial charge in [-0.1, -0.05) is 0 Å². The van der Waals surface area contributed by atoms with Crippen molar-refractivity contribution in [1.29, 1.82) is 0 Å². The standard InChI is InChI=1S/2C5HF6O2.Ni/c2*6-4(7,8)2(12)1-3(13)5(9,10)11;/h2*1H;/q2*-1;+2. The van der Waals surface area contributed by atoms with Gasteiger partial charge in [0.25, 0.3) is 0 Å². The zero-order valence-corrected chi connectivity index (χ0v) is 12.6. The number of ketones is 4. The zero-order valence-electron chi connectivity index (χ0n) is 11.6. The first kappa shape index (κ1) is 29.8. The van der Waals surface area contributed by atoms with E-state index in [1.165, 1.54) is 0 Å². The molecule has 0 aromatic rings. The van der Waals surface area contributed by atoms with Crippen molar-refractivity contribution in [3.8, 4) is 0 Å². The molecule has 0 spiro atoms. The van der Waals surface area contributed by atoms with Gasteiger partial charge in [-0.25, -0.2) is 12.8 Å². The minimum Gasteiger partial charge on any atom is -0.324 e. The smallest absolute Gasteiger partial charge is 0.324 e. The van der Waals surface area contributed by atoms with Crippen LogP contribution in [0.25, 0.3) is 0 Å². The van der Waals surface area contributed by atoms with Crippen LogP contribution in [0.15, 0.2) is 0 Å². The number of Topliss-reactive ketones (excluding diaryl/α,β-unsaturated/α-hetero) is 4. The minimum absolute atomic E-state index is 0. The van der Waals surface area contributed by atoms with Gasteiger partial charge in [-0.2, -0.15) is 52.7 Å². The van der Waals surface area contributed by atoms with E-state index >= 15 is 0 Å². The molecule has 0 saturated carbocycles. The molecular weight excluding hydrogens is 471 g/mol. The summed E-state index contributed by atoms with van der Waals surface area (Å²) in [5.41, 5.74) is 0. The van der Waals surface area contributed by atoms with E-state index in [-0.39, 0.29) is 16.5 Å². The number of carbonyl (C=O) groups excluding carboxylic acids is 4. The summed E-state index contributed by atoms with van der Waals surface area (Å²) in [5, 5.41) is 0. The topological polar surface area (TPSA) is 68.3 Å². The number of alkyl halides is 12. The first-order valence-electron chi connectivity index (χ1n) is 5.24. The molecule has 160 valence electrons. The molecule has 0 radical (unpaired) electrons. The van der Waals surface area contributed by atoms with Gasteiger partial charge in [0, 0.05) is 0 Å². The van der Waals surface area contributed by atoms with Gasteiger partial charge < -0.3 is 19.2 Å². The zero-order chi connectivity index (χ0) is 21.7. The summed E-state index contributed by atoms with van der Waals surface area (Å²) in [6.45, 7) is 0. The first-order valence-corrected chi connectivity index (χ1v) is 5.24. The van der Waals surface area contributed by atoms with Crippen LogP contribution in [0.4, 0.5) is 52.7 Å². The van der Waals surface area contributed by atoms with Crippen LogP contribution in [0.5, 0.6) is 0 Å². The molecule has 0 aliphatic heterocycles. The molecule has 0 N–H and O–H groups in total. The Bertz CT molecular complexity index is 456. The Morgan fingerprint density at radius 1 is 0.407 bits per heavy atom. The molecular formula is C10H2F12NiO4. The molecule has 0 rings (SSSR count). The van der Waals surface area contributed by atoms with Crippen molar-refractivity contribution in [1.82, 2.24) is 0 Å². The SMILES string of the molecule is O=C([CH-]C(=O)C(F)(F)F)C(F)(F)F.O=C([CH-]C(=O)C(F)(F)F)C(F)(F)F.[Ni+2]. The molecule has 0 heterocycles. The largest absolute Gasteiger partial charge is 2.00 e. The van der Waals surface area contributed by atoms with Gasteiger partial charge in [0.05, 0.1) is 0 Å². The summed E-state index contributed by atoms with van der Waals surface area (Å²) in [6, 6.07) is 0. The summed E-state index contributed by atoms with van der Waals surface area (Å²) in [6.07, 6.45) is -23.9. The average molecular weight is 473 g/mol. The van der Waals surface area contributed by atoms with Crippen molar-refractivity contribution >= 4 is 23.1 Å². The second-order valence-electron chi connectivity index (χ2n) is 3.74. The number of hydrogen-bond acceptors (Lipinski definition) is 4. The fourth-order valence-electron chi connectivity index (χ4n) is 0.565. The average Bonchev–Trinajstić information content (AvgIpc) is 2.34. The van der Waals surface area contributed by atoms with Gasteiger partial charge in [-0.3, -0.25) is 0 Å². The van der Waals surface area contributed by atoms with Crippen molar-refractivity contribution in [3.63, 3.8) is 0 Å². The Balaban J connectivity index is -0.000000411. The van der Waals surface area contributed by atoms with Crippen LogP contribution in [0.1, 0.15) is 0 Å². The van der Waals surface area contributed by atoms with Gasteiger partial charge in [-0.05, 0) is 0 Å². The number of halogens is 12. The number of carbonyl (C=O) groups is 4. The molecule has 0 aliphatic rings. The third-order valence-electron chi connectivity index (χ3n) is 1.64. The van der Waals surface area contributed by atoms with E-state index in [1.54, 1.807) is 0 Å². The summed E-state index contributed by atoms with van der Waals surface area (Å²) in [7, 11) is 0. The van der Waals surface area contributed by atoms with E-state index in [9.17, 15) is 71.9 Å². The normalized spacial score (nSPS) is 12.0. The van der Waals surface area contributed by atoms with E-state index in [4.69, 9.17) is 0 Å². The molecule has 0 amide bonds. The Hall–Kier alpha value is -1.93. The van der Waals surface area contributed by atoms with Crippen molar-refractivity contribution in [2.24, 2.45) is 0 Å². The Kier molecular flexibility index (Phi) is 10.9. The third-order valence-corrected chi connectivity index (χ3v) is 1.64.